The van der Waals surface area contributed by atoms with Crippen molar-refractivity contribution in [1.29, 1.82) is 0 Å². The number of aryl methyl sites for hydroxylation is 1. The smallest absolute Gasteiger partial charge is 0.234 e. The van der Waals surface area contributed by atoms with E-state index in [4.69, 9.17) is 0 Å². The summed E-state index contributed by atoms with van der Waals surface area (Å²) < 4.78 is 28.8. The van der Waals surface area contributed by atoms with Gasteiger partial charge in [-0.15, -0.1) is 0 Å². The van der Waals surface area contributed by atoms with Crippen molar-refractivity contribution in [1.82, 2.24) is 14.3 Å². The van der Waals surface area contributed by atoms with Crippen LogP contribution >= 0.6 is 0 Å². The topological polar surface area (TPSA) is 64.0 Å². The van der Waals surface area contributed by atoms with Crippen LogP contribution in [0.25, 0.3) is 6.08 Å². The molecule has 1 heterocycles. The van der Waals surface area contributed by atoms with Crippen LogP contribution in [-0.4, -0.2) is 18.0 Å². The maximum atomic E-state index is 12.1. The van der Waals surface area contributed by atoms with Gasteiger partial charge in [0, 0.05) is 30.9 Å². The van der Waals surface area contributed by atoms with E-state index in [2.05, 4.69) is 9.71 Å². The molecule has 5 nitrogen and oxygen atoms in total. The van der Waals surface area contributed by atoms with Crippen LogP contribution in [0.15, 0.2) is 72.7 Å². The van der Waals surface area contributed by atoms with Crippen LogP contribution < -0.4 is 4.72 Å². The van der Waals surface area contributed by atoms with E-state index in [0.29, 0.717) is 0 Å². The Morgan fingerprint density at radius 2 is 1.73 bits per heavy atom. The van der Waals surface area contributed by atoms with Crippen LogP contribution in [0.1, 0.15) is 22.3 Å². The monoisotopic (exact) mass is 367 g/mol. The third-order valence-electron chi connectivity index (χ3n) is 3.94. The van der Waals surface area contributed by atoms with Crippen molar-refractivity contribution in [3.05, 3.63) is 94.9 Å². The zero-order chi connectivity index (χ0) is 18.4. The van der Waals surface area contributed by atoms with Crippen LogP contribution in [0, 0.1) is 6.92 Å². The van der Waals surface area contributed by atoms with E-state index in [1.165, 1.54) is 5.41 Å². The summed E-state index contributed by atoms with van der Waals surface area (Å²) in [5, 5.41) is 1.20. The zero-order valence-electron chi connectivity index (χ0n) is 14.5. The summed E-state index contributed by atoms with van der Waals surface area (Å²) in [5.74, 6) is 0. The highest BCUT2D eigenvalue weighted by Gasteiger charge is 2.05. The van der Waals surface area contributed by atoms with Crippen LogP contribution in [0.2, 0.25) is 0 Å². The fourth-order valence-corrected chi connectivity index (χ4v) is 3.23. The third-order valence-corrected chi connectivity index (χ3v) is 4.98. The molecule has 0 spiro atoms. The normalized spacial score (nSPS) is 11.9. The molecule has 0 bridgehead atoms. The SMILES string of the molecule is Cc1ccc(/C=C\S(=O)(=O)NCc2ccc(Cn3ccnc3)cc2)cc1. The number of sulfonamides is 1. The van der Waals surface area contributed by atoms with Gasteiger partial charge in [-0.2, -0.15) is 0 Å². The minimum atomic E-state index is -3.48. The molecule has 6 heteroatoms. The van der Waals surface area contributed by atoms with Gasteiger partial charge in [0.05, 0.1) is 6.33 Å². The summed E-state index contributed by atoms with van der Waals surface area (Å²) in [6.45, 7) is 2.99. The number of hydrogen-bond acceptors (Lipinski definition) is 3. The fourth-order valence-electron chi connectivity index (χ4n) is 2.43. The van der Waals surface area contributed by atoms with Crippen molar-refractivity contribution >= 4 is 16.1 Å². The van der Waals surface area contributed by atoms with Gasteiger partial charge < -0.3 is 4.57 Å². The van der Waals surface area contributed by atoms with E-state index >= 15 is 0 Å². The van der Waals surface area contributed by atoms with Crippen molar-refractivity contribution in [3.63, 3.8) is 0 Å². The van der Waals surface area contributed by atoms with Gasteiger partial charge in [0.1, 0.15) is 0 Å². The number of rotatable bonds is 7. The molecule has 3 aromatic rings. The predicted octanol–water partition coefficient (Wildman–Crippen LogP) is 3.33. The lowest BCUT2D eigenvalue weighted by atomic mass is 10.1. The van der Waals surface area contributed by atoms with Gasteiger partial charge in [-0.25, -0.2) is 18.1 Å². The number of aromatic nitrogens is 2. The fraction of sp³-hybridized carbons (Fsp3) is 0.150. The molecule has 0 aliphatic rings. The van der Waals surface area contributed by atoms with Gasteiger partial charge in [-0.05, 0) is 29.7 Å². The largest absolute Gasteiger partial charge is 0.333 e. The molecule has 0 atom stereocenters. The molecule has 0 amide bonds. The lowest BCUT2D eigenvalue weighted by molar-refractivity contribution is 0.591. The van der Waals surface area contributed by atoms with Gasteiger partial charge in [-0.1, -0.05) is 54.1 Å². The van der Waals surface area contributed by atoms with Crippen LogP contribution in [0.3, 0.4) is 0 Å². The first-order chi connectivity index (χ1) is 12.5. The third kappa shape index (κ3) is 5.40. The Morgan fingerprint density at radius 1 is 1.04 bits per heavy atom. The van der Waals surface area contributed by atoms with Gasteiger partial charge in [0.25, 0.3) is 0 Å². The van der Waals surface area contributed by atoms with Gasteiger partial charge in [0.15, 0.2) is 0 Å². The molecule has 0 aliphatic carbocycles. The average molecular weight is 367 g/mol. The second-order valence-corrected chi connectivity index (χ2v) is 7.78. The van der Waals surface area contributed by atoms with E-state index in [0.717, 1.165) is 28.8 Å². The Morgan fingerprint density at radius 3 is 2.38 bits per heavy atom. The van der Waals surface area contributed by atoms with E-state index in [9.17, 15) is 8.42 Å². The quantitative estimate of drug-likeness (QED) is 0.697. The molecule has 0 saturated carbocycles. The predicted molar refractivity (Wildman–Crippen MR) is 104 cm³/mol. The molecule has 3 rings (SSSR count). The first-order valence-corrected chi connectivity index (χ1v) is 9.83. The van der Waals surface area contributed by atoms with E-state index in [1.807, 2.05) is 66.2 Å². The summed E-state index contributed by atoms with van der Waals surface area (Å²) in [6, 6.07) is 15.5. The molecular weight excluding hydrogens is 346 g/mol. The lowest BCUT2D eigenvalue weighted by Gasteiger charge is -2.06. The summed E-state index contributed by atoms with van der Waals surface area (Å²) >= 11 is 0. The van der Waals surface area contributed by atoms with Crippen LogP contribution in [0.4, 0.5) is 0 Å². The van der Waals surface area contributed by atoms with Crippen molar-refractivity contribution in [3.8, 4) is 0 Å². The molecule has 134 valence electrons. The van der Waals surface area contributed by atoms with Crippen molar-refractivity contribution < 1.29 is 8.42 Å². The Bertz CT molecular complexity index is 959. The van der Waals surface area contributed by atoms with E-state index in [1.54, 1.807) is 18.6 Å². The highest BCUT2D eigenvalue weighted by molar-refractivity contribution is 7.92. The maximum Gasteiger partial charge on any atom is 0.234 e. The van der Waals surface area contributed by atoms with Crippen molar-refractivity contribution in [2.24, 2.45) is 0 Å². The molecule has 0 aliphatic heterocycles. The molecule has 26 heavy (non-hydrogen) atoms. The number of nitrogens with zero attached hydrogens (tertiary/aromatic N) is 2. The minimum Gasteiger partial charge on any atom is -0.333 e. The van der Waals surface area contributed by atoms with Crippen molar-refractivity contribution in [2.45, 2.75) is 20.0 Å². The molecule has 1 N–H and O–H groups in total. The van der Waals surface area contributed by atoms with Crippen LogP contribution in [0.5, 0.6) is 0 Å². The number of hydrogen-bond donors (Lipinski definition) is 1. The summed E-state index contributed by atoms with van der Waals surface area (Å²) in [4.78, 5) is 4.02. The Kier molecular flexibility index (Phi) is 5.65. The second kappa shape index (κ2) is 8.12. The number of imidazole rings is 1. The van der Waals surface area contributed by atoms with Gasteiger partial charge in [0.2, 0.25) is 10.0 Å². The first kappa shape index (κ1) is 18.1. The first-order valence-electron chi connectivity index (χ1n) is 8.28. The molecule has 0 saturated heterocycles. The molecule has 0 unspecified atom stereocenters. The summed E-state index contributed by atoms with van der Waals surface area (Å²) in [7, 11) is -3.48. The molecule has 0 fully saturated rings. The number of nitrogens with one attached hydrogen (secondary N) is 1. The standard InChI is InChI=1S/C20H21N3O2S/c1-17-2-4-18(5-3-17)10-13-26(24,25)22-14-19-6-8-20(9-7-19)15-23-12-11-21-16-23/h2-13,16,22H,14-15H2,1H3/b13-10-. The summed E-state index contributed by atoms with van der Waals surface area (Å²) in [6.07, 6.45) is 7.01. The van der Waals surface area contributed by atoms with E-state index in [-0.39, 0.29) is 6.54 Å². The zero-order valence-corrected chi connectivity index (χ0v) is 15.4. The minimum absolute atomic E-state index is 0.256. The Balaban J connectivity index is 1.56. The van der Waals surface area contributed by atoms with E-state index < -0.39 is 10.0 Å². The maximum absolute atomic E-state index is 12.1. The number of benzene rings is 2. The van der Waals surface area contributed by atoms with Gasteiger partial charge >= 0.3 is 0 Å². The highest BCUT2D eigenvalue weighted by atomic mass is 32.2. The van der Waals surface area contributed by atoms with Crippen LogP contribution in [-0.2, 0) is 23.1 Å². The molecule has 0 radical (unpaired) electrons. The molecule has 1 aromatic heterocycles. The lowest BCUT2D eigenvalue weighted by Crippen LogP contribution is -2.20. The molecular formula is C20H21N3O2S. The highest BCUT2D eigenvalue weighted by Crippen LogP contribution is 2.08. The van der Waals surface area contributed by atoms with Gasteiger partial charge in [-0.3, -0.25) is 0 Å². The Labute approximate surface area is 154 Å². The average Bonchev–Trinajstić information content (AvgIpc) is 3.14. The van der Waals surface area contributed by atoms with Crippen molar-refractivity contribution in [2.75, 3.05) is 0 Å². The second-order valence-electron chi connectivity index (χ2n) is 6.13. The Hall–Kier alpha value is -2.70. The summed E-state index contributed by atoms with van der Waals surface area (Å²) in [5.41, 5.74) is 4.03. The molecule has 2 aromatic carbocycles.